The lowest BCUT2D eigenvalue weighted by Crippen LogP contribution is -2.37. The van der Waals surface area contributed by atoms with Gasteiger partial charge in [-0.1, -0.05) is 0 Å². The van der Waals surface area contributed by atoms with Gasteiger partial charge in [-0.2, -0.15) is 4.37 Å². The minimum Gasteiger partial charge on any atom is -0.388 e. The van der Waals surface area contributed by atoms with E-state index in [0.29, 0.717) is 17.6 Å². The Hall–Kier alpha value is -2.94. The van der Waals surface area contributed by atoms with Crippen LogP contribution in [0.1, 0.15) is 23.4 Å². The fourth-order valence-corrected chi connectivity index (χ4v) is 9.82. The third-order valence-corrected chi connectivity index (χ3v) is 11.8. The highest BCUT2D eigenvalue weighted by Crippen LogP contribution is 2.71. The van der Waals surface area contributed by atoms with Crippen molar-refractivity contribution >= 4 is 61.6 Å². The maximum Gasteiger partial charge on any atom is 0.472 e. The zero-order chi connectivity index (χ0) is 32.1. The molecule has 23 heteroatoms. The number of nitrogens with zero attached hydrogens (tertiary/aromatic N) is 6. The molecule has 2 aliphatic heterocycles. The van der Waals surface area contributed by atoms with Crippen LogP contribution in [0.15, 0.2) is 17.4 Å². The fourth-order valence-electron chi connectivity index (χ4n) is 6.99. The minimum absolute atomic E-state index is 0.0133. The molecule has 1 spiro atoms. The number of H-pyrrole nitrogens is 1. The maximum atomic E-state index is 13.6. The van der Waals surface area contributed by atoms with Crippen molar-refractivity contribution in [1.29, 1.82) is 0 Å². The summed E-state index contributed by atoms with van der Waals surface area (Å²) in [7, 11) is -6.85. The van der Waals surface area contributed by atoms with E-state index < -0.39 is 76.3 Å². The van der Waals surface area contributed by atoms with Gasteiger partial charge in [0, 0.05) is 12.5 Å². The van der Waals surface area contributed by atoms with Crippen LogP contribution in [0.4, 0.5) is 11.8 Å². The Bertz CT molecular complexity index is 1990. The number of hydrogen-bond acceptors (Lipinski definition) is 18. The van der Waals surface area contributed by atoms with Gasteiger partial charge in [-0.05, 0) is 23.9 Å². The molecular weight excluding hydrogens is 672 g/mol. The fraction of sp³-hybridized carbons (Fsp3) is 0.565. The predicted octanol–water partition coefficient (Wildman–Crippen LogP) is 0.0680. The number of imidazole rings is 1. The van der Waals surface area contributed by atoms with Crippen molar-refractivity contribution < 1.29 is 46.7 Å². The molecule has 20 nitrogen and oxygen atoms in total. The number of phosphoric acid groups is 1. The van der Waals surface area contributed by atoms with Crippen LogP contribution in [0.2, 0.25) is 0 Å². The van der Waals surface area contributed by atoms with Gasteiger partial charge in [0.25, 0.3) is 5.56 Å². The second kappa shape index (κ2) is 10.8. The number of hydrogen-bond donors (Lipinski definition) is 5. The first-order valence-corrected chi connectivity index (χ1v) is 17.4. The Kier molecular flexibility index (Phi) is 7.13. The van der Waals surface area contributed by atoms with Crippen molar-refractivity contribution in [2.75, 3.05) is 31.8 Å². The molecule has 4 aromatic rings. The van der Waals surface area contributed by atoms with Gasteiger partial charge in [0.2, 0.25) is 5.95 Å². The van der Waals surface area contributed by atoms with Gasteiger partial charge < -0.3 is 44.6 Å². The smallest absolute Gasteiger partial charge is 0.388 e. The molecule has 8 rings (SSSR count). The molecule has 4 aliphatic rings. The number of aliphatic hydroxyl groups is 1. The number of nitrogens with one attached hydrogen (secondary N) is 1. The van der Waals surface area contributed by atoms with Crippen molar-refractivity contribution in [2.24, 2.45) is 11.3 Å². The van der Waals surface area contributed by atoms with E-state index in [2.05, 4.69) is 29.3 Å². The maximum absolute atomic E-state index is 13.6. The molecule has 11 atom stereocenters. The molecular formula is C23H27N9O11P2S. The highest BCUT2D eigenvalue weighted by atomic mass is 32.1. The molecule has 4 fully saturated rings. The first kappa shape index (κ1) is 30.4. The Balaban J connectivity index is 1.13. The van der Waals surface area contributed by atoms with Crippen LogP contribution >= 0.6 is 27.6 Å². The SMILES string of the molecule is CO[C@H]1[C@H]2OP(=O)(O)OC[C@@]34C[C@@H]3[C@@H](n3cnc5c(N)ncnc53)[C@H](O)[C@@H]4O[PH](=O)OC[C@H]1O[C@H]2c1snc2c(=O)[nH]c(N)nc12. The number of aromatic amines is 1. The molecule has 2 saturated carbocycles. The Morgan fingerprint density at radius 3 is 2.89 bits per heavy atom. The molecule has 6 heterocycles. The van der Waals surface area contributed by atoms with Crippen LogP contribution in [0.25, 0.3) is 22.2 Å². The number of ether oxygens (including phenoxy) is 2. The third-order valence-electron chi connectivity index (χ3n) is 9.09. The quantitative estimate of drug-likeness (QED) is 0.177. The second-order valence-electron chi connectivity index (χ2n) is 11.5. The van der Waals surface area contributed by atoms with E-state index in [4.69, 9.17) is 39.0 Å². The lowest BCUT2D eigenvalue weighted by molar-refractivity contribution is -0.0404. The largest absolute Gasteiger partial charge is 0.472 e. The number of anilines is 2. The first-order chi connectivity index (χ1) is 22.0. The van der Waals surface area contributed by atoms with Gasteiger partial charge in [-0.15, -0.1) is 0 Å². The van der Waals surface area contributed by atoms with E-state index in [1.165, 1.54) is 19.8 Å². The van der Waals surface area contributed by atoms with Crippen LogP contribution in [-0.4, -0.2) is 94.7 Å². The van der Waals surface area contributed by atoms with Crippen molar-refractivity contribution in [3.8, 4) is 0 Å². The van der Waals surface area contributed by atoms with Crippen LogP contribution in [-0.2, 0) is 36.7 Å². The van der Waals surface area contributed by atoms with E-state index in [9.17, 15) is 23.9 Å². The van der Waals surface area contributed by atoms with E-state index >= 15 is 0 Å². The monoisotopic (exact) mass is 699 g/mol. The number of rotatable bonds is 3. The summed E-state index contributed by atoms with van der Waals surface area (Å²) in [4.78, 5) is 42.8. The van der Waals surface area contributed by atoms with E-state index in [1.807, 2.05) is 0 Å². The van der Waals surface area contributed by atoms with Crippen LogP contribution < -0.4 is 17.0 Å². The standard InChI is InChI=1S/C23H27N9O11P2S/c1-38-14-8-3-39-44(35)42-18-13(33)12(32-6-28-11-19(24)26-5-27-20(11)32)7-2-23(7,18)4-40-45(36,37)43-15(14)16(41-8)17-9-10(31-46-17)21(34)30-22(25)29-9/h5-8,12-16,18,33,44H,2-4H2,1H3,(H,36,37)(H2,24,26,27)(H3,25,29,30,34)/t7-,8-,12-,13+,14-,15-,16-,18+,23+/m1/s1. The van der Waals surface area contributed by atoms with Gasteiger partial charge in [-0.25, -0.2) is 24.5 Å². The molecule has 4 aromatic heterocycles. The Morgan fingerprint density at radius 1 is 1.26 bits per heavy atom. The highest BCUT2D eigenvalue weighted by molar-refractivity contribution is 7.47. The second-order valence-corrected chi connectivity index (χ2v) is 14.7. The van der Waals surface area contributed by atoms with Gasteiger partial charge in [0.1, 0.15) is 54.0 Å². The summed E-state index contributed by atoms with van der Waals surface area (Å²) in [6.45, 7) is -0.750. The van der Waals surface area contributed by atoms with Gasteiger partial charge >= 0.3 is 16.1 Å². The van der Waals surface area contributed by atoms with Crippen LogP contribution in [0, 0.1) is 11.3 Å². The zero-order valence-corrected chi connectivity index (χ0v) is 26.4. The van der Waals surface area contributed by atoms with E-state index in [1.54, 1.807) is 4.57 Å². The molecule has 2 saturated heterocycles. The number of nitrogen functional groups attached to an aromatic ring is 2. The summed E-state index contributed by atoms with van der Waals surface area (Å²) in [6.07, 6.45) is -3.73. The molecule has 7 N–H and O–H groups in total. The number of aromatic nitrogens is 7. The lowest BCUT2D eigenvalue weighted by Gasteiger charge is -2.29. The van der Waals surface area contributed by atoms with Crippen molar-refractivity contribution in [2.45, 2.75) is 49.1 Å². The predicted molar refractivity (Wildman–Crippen MR) is 157 cm³/mol. The van der Waals surface area contributed by atoms with Crippen LogP contribution in [0.3, 0.4) is 0 Å². The third kappa shape index (κ3) is 4.65. The van der Waals surface area contributed by atoms with Crippen molar-refractivity contribution in [1.82, 2.24) is 33.9 Å². The van der Waals surface area contributed by atoms with Gasteiger partial charge in [0.15, 0.2) is 17.0 Å². The molecule has 2 unspecified atom stereocenters. The first-order valence-electron chi connectivity index (χ1n) is 13.9. The molecule has 0 amide bonds. The Labute approximate surface area is 262 Å². The molecule has 2 aliphatic carbocycles. The molecule has 0 aromatic carbocycles. The normalized spacial score (nSPS) is 39.4. The van der Waals surface area contributed by atoms with E-state index in [0.717, 1.165) is 11.5 Å². The molecule has 46 heavy (non-hydrogen) atoms. The van der Waals surface area contributed by atoms with Gasteiger partial charge in [0.05, 0.1) is 30.5 Å². The van der Waals surface area contributed by atoms with E-state index in [-0.39, 0.29) is 40.2 Å². The van der Waals surface area contributed by atoms with Gasteiger partial charge in [-0.3, -0.25) is 23.4 Å². The number of methoxy groups -OCH3 is 1. The summed E-state index contributed by atoms with van der Waals surface area (Å²) in [6, 6.07) is -0.681. The number of phosphoric ester groups is 1. The molecule has 246 valence electrons. The number of fused-ring (bicyclic) bond motifs is 4. The van der Waals surface area contributed by atoms with Crippen LogP contribution in [0.5, 0.6) is 0 Å². The summed E-state index contributed by atoms with van der Waals surface area (Å²) in [5, 5.41) is 11.5. The minimum atomic E-state index is -4.89. The lowest BCUT2D eigenvalue weighted by atomic mass is 10.0. The number of nitrogens with two attached hydrogens (primary N) is 2. The average molecular weight is 700 g/mol. The zero-order valence-electron chi connectivity index (χ0n) is 23.7. The summed E-state index contributed by atoms with van der Waals surface area (Å²) >= 11 is 0.866. The summed E-state index contributed by atoms with van der Waals surface area (Å²) in [5.41, 5.74) is 10.9. The topological polar surface area (TPSA) is 284 Å². The number of aliphatic hydroxyl groups excluding tert-OH is 1. The van der Waals surface area contributed by atoms with Crippen molar-refractivity contribution in [3.05, 3.63) is 27.9 Å². The Morgan fingerprint density at radius 2 is 2.09 bits per heavy atom. The molecule has 0 radical (unpaired) electrons. The highest BCUT2D eigenvalue weighted by Gasteiger charge is 2.73. The molecule has 2 bridgehead atoms. The van der Waals surface area contributed by atoms with Crippen molar-refractivity contribution in [3.63, 3.8) is 0 Å². The summed E-state index contributed by atoms with van der Waals surface area (Å²) in [5.74, 6) is -0.378. The summed E-state index contributed by atoms with van der Waals surface area (Å²) < 4.78 is 67.2. The average Bonchev–Trinajstić information content (AvgIpc) is 3.31.